The molecule has 0 spiro atoms. The van der Waals surface area contributed by atoms with Gasteiger partial charge in [-0.1, -0.05) is 6.08 Å². The minimum atomic E-state index is 0.568. The van der Waals surface area contributed by atoms with Crippen LogP contribution in [0.25, 0.3) is 0 Å². The van der Waals surface area contributed by atoms with Crippen molar-refractivity contribution in [2.75, 3.05) is 0 Å². The van der Waals surface area contributed by atoms with E-state index < -0.39 is 0 Å². The average molecular weight is 307 g/mol. The normalized spacial score (nSPS) is 10.1. The number of aromatic nitrogens is 1. The first-order valence-electron chi connectivity index (χ1n) is 3.76. The molecule has 0 fully saturated rings. The first-order chi connectivity index (χ1) is 6.07. The summed E-state index contributed by atoms with van der Waals surface area (Å²) in [5, 5.41) is 11.6. The lowest BCUT2D eigenvalue weighted by Gasteiger charge is -2.08. The van der Waals surface area contributed by atoms with Crippen LogP contribution in [-0.2, 0) is 6.42 Å². The van der Waals surface area contributed by atoms with Crippen LogP contribution in [-0.4, -0.2) is 0 Å². The van der Waals surface area contributed by atoms with E-state index in [1.54, 1.807) is 13.0 Å². The van der Waals surface area contributed by atoms with Gasteiger partial charge < -0.3 is 5.21 Å². The largest absolute Gasteiger partial charge is 0.618 e. The second-order valence-electron chi connectivity index (χ2n) is 2.66. The Labute approximate surface area is 94.1 Å². The Morgan fingerprint density at radius 2 is 2.15 bits per heavy atom. The van der Waals surface area contributed by atoms with Crippen molar-refractivity contribution in [3.8, 4) is 0 Å². The van der Waals surface area contributed by atoms with Gasteiger partial charge in [-0.15, -0.1) is 6.58 Å². The predicted molar refractivity (Wildman–Crippen MR) is 59.4 cm³/mol. The Morgan fingerprint density at radius 3 is 2.69 bits per heavy atom. The number of hydrogen-bond donors (Lipinski definition) is 0. The van der Waals surface area contributed by atoms with Crippen LogP contribution >= 0.6 is 31.9 Å². The Hall–Kier alpha value is -0.350. The monoisotopic (exact) mass is 305 g/mol. The summed E-state index contributed by atoms with van der Waals surface area (Å²) in [6.07, 6.45) is 2.28. The molecule has 0 radical (unpaired) electrons. The molecular formula is C9H9Br2NO. The molecule has 0 N–H and O–H groups in total. The Bertz CT molecular complexity index is 350. The smallest absolute Gasteiger partial charge is 0.211 e. The lowest BCUT2D eigenvalue weighted by Crippen LogP contribution is -2.36. The molecule has 70 valence electrons. The van der Waals surface area contributed by atoms with E-state index in [1.807, 2.05) is 6.07 Å². The van der Waals surface area contributed by atoms with Gasteiger partial charge in [-0.05, 0) is 37.9 Å². The van der Waals surface area contributed by atoms with Crippen molar-refractivity contribution in [1.29, 1.82) is 0 Å². The third kappa shape index (κ3) is 2.11. The van der Waals surface area contributed by atoms with Crippen LogP contribution in [0.3, 0.4) is 0 Å². The highest BCUT2D eigenvalue weighted by Crippen LogP contribution is 2.21. The van der Waals surface area contributed by atoms with E-state index >= 15 is 0 Å². The van der Waals surface area contributed by atoms with Crippen LogP contribution in [0.5, 0.6) is 0 Å². The molecular weight excluding hydrogens is 298 g/mol. The second kappa shape index (κ2) is 4.24. The van der Waals surface area contributed by atoms with E-state index in [2.05, 4.69) is 38.4 Å². The molecule has 4 heteroatoms. The number of hydrogen-bond acceptors (Lipinski definition) is 1. The fourth-order valence-corrected chi connectivity index (χ4v) is 2.26. The maximum atomic E-state index is 11.6. The molecule has 1 aromatic rings. The number of halogens is 2. The summed E-state index contributed by atoms with van der Waals surface area (Å²) in [6, 6.07) is 1.88. The van der Waals surface area contributed by atoms with E-state index in [9.17, 15) is 5.21 Å². The highest BCUT2D eigenvalue weighted by Gasteiger charge is 2.14. The molecule has 0 atom stereocenters. The summed E-state index contributed by atoms with van der Waals surface area (Å²) >= 11 is 6.64. The van der Waals surface area contributed by atoms with Gasteiger partial charge in [-0.3, -0.25) is 0 Å². The Kier molecular flexibility index (Phi) is 3.50. The molecule has 2 nitrogen and oxygen atoms in total. The summed E-state index contributed by atoms with van der Waals surface area (Å²) in [4.78, 5) is 0. The molecule has 0 saturated carbocycles. The molecule has 0 unspecified atom stereocenters. The molecule has 0 amide bonds. The fourth-order valence-electron chi connectivity index (χ4n) is 1.01. The van der Waals surface area contributed by atoms with Crippen molar-refractivity contribution < 1.29 is 4.73 Å². The summed E-state index contributed by atoms with van der Waals surface area (Å²) in [6.45, 7) is 5.38. The van der Waals surface area contributed by atoms with Crippen molar-refractivity contribution >= 4 is 31.9 Å². The number of nitrogens with zero attached hydrogens (tertiary/aromatic N) is 1. The zero-order valence-electron chi connectivity index (χ0n) is 7.18. The lowest BCUT2D eigenvalue weighted by atomic mass is 10.2. The van der Waals surface area contributed by atoms with Gasteiger partial charge in [0.25, 0.3) is 0 Å². The zero-order chi connectivity index (χ0) is 10.0. The molecule has 0 bridgehead atoms. The minimum Gasteiger partial charge on any atom is -0.618 e. The first kappa shape index (κ1) is 10.7. The molecule has 0 aliphatic carbocycles. The highest BCUT2D eigenvalue weighted by atomic mass is 79.9. The third-order valence-electron chi connectivity index (χ3n) is 1.76. The first-order valence-corrected chi connectivity index (χ1v) is 5.34. The van der Waals surface area contributed by atoms with E-state index in [1.165, 1.54) is 0 Å². The summed E-state index contributed by atoms with van der Waals surface area (Å²) in [7, 11) is 0. The zero-order valence-corrected chi connectivity index (χ0v) is 10.4. The quantitative estimate of drug-likeness (QED) is 0.469. The van der Waals surface area contributed by atoms with Crippen molar-refractivity contribution in [1.82, 2.24) is 0 Å². The van der Waals surface area contributed by atoms with Gasteiger partial charge in [0.15, 0.2) is 0 Å². The van der Waals surface area contributed by atoms with Crippen molar-refractivity contribution in [2.45, 2.75) is 13.3 Å². The fraction of sp³-hybridized carbons (Fsp3) is 0.222. The van der Waals surface area contributed by atoms with E-state index in [-0.39, 0.29) is 0 Å². The predicted octanol–water partition coefficient (Wildman–Crippen LogP) is 2.88. The van der Waals surface area contributed by atoms with E-state index in [0.29, 0.717) is 17.8 Å². The summed E-state index contributed by atoms with van der Waals surface area (Å²) in [5.41, 5.74) is 1.36. The number of rotatable bonds is 2. The minimum absolute atomic E-state index is 0.568. The maximum Gasteiger partial charge on any atom is 0.211 e. The van der Waals surface area contributed by atoms with Gasteiger partial charge in [0.1, 0.15) is 0 Å². The summed E-state index contributed by atoms with van der Waals surface area (Å²) < 4.78 is 2.53. The molecule has 0 aromatic carbocycles. The molecule has 1 heterocycles. The van der Waals surface area contributed by atoms with E-state index in [4.69, 9.17) is 0 Å². The number of allylic oxidation sites excluding steroid dienone is 1. The van der Waals surface area contributed by atoms with Crippen LogP contribution in [0.15, 0.2) is 27.7 Å². The highest BCUT2D eigenvalue weighted by molar-refractivity contribution is 9.11. The van der Waals surface area contributed by atoms with Crippen LogP contribution < -0.4 is 4.73 Å². The molecule has 0 saturated heterocycles. The Balaban J connectivity index is 3.34. The third-order valence-corrected chi connectivity index (χ3v) is 3.25. The Morgan fingerprint density at radius 1 is 1.54 bits per heavy atom. The van der Waals surface area contributed by atoms with Gasteiger partial charge in [-0.25, -0.2) is 0 Å². The van der Waals surface area contributed by atoms with Crippen molar-refractivity contribution in [3.63, 3.8) is 0 Å². The standard InChI is InChI=1S/C9H9Br2NO/c1-3-4-9-8(11)5-7(10)6(2)12(9)13/h3,5H,1,4H2,2H3. The summed E-state index contributed by atoms with van der Waals surface area (Å²) in [5.74, 6) is 0. The molecule has 13 heavy (non-hydrogen) atoms. The van der Waals surface area contributed by atoms with Crippen LogP contribution in [0.4, 0.5) is 0 Å². The van der Waals surface area contributed by atoms with Crippen LogP contribution in [0.2, 0.25) is 0 Å². The lowest BCUT2D eigenvalue weighted by molar-refractivity contribution is -0.621. The van der Waals surface area contributed by atoms with Gasteiger partial charge in [0.2, 0.25) is 11.4 Å². The maximum absolute atomic E-state index is 11.6. The van der Waals surface area contributed by atoms with Crippen molar-refractivity contribution in [3.05, 3.63) is 44.3 Å². The SMILES string of the molecule is C=CCc1c(Br)cc(Br)c(C)[n+]1[O-]. The van der Waals surface area contributed by atoms with Gasteiger partial charge in [0.05, 0.1) is 15.4 Å². The van der Waals surface area contributed by atoms with E-state index in [0.717, 1.165) is 13.7 Å². The average Bonchev–Trinajstić information content (AvgIpc) is 2.09. The van der Waals surface area contributed by atoms with Crippen LogP contribution in [0.1, 0.15) is 11.4 Å². The van der Waals surface area contributed by atoms with Gasteiger partial charge in [-0.2, -0.15) is 4.73 Å². The molecule has 0 aliphatic rings. The van der Waals surface area contributed by atoms with Crippen LogP contribution in [0, 0.1) is 12.1 Å². The second-order valence-corrected chi connectivity index (χ2v) is 4.37. The molecule has 1 aromatic heterocycles. The van der Waals surface area contributed by atoms with Gasteiger partial charge >= 0.3 is 0 Å². The van der Waals surface area contributed by atoms with Crippen molar-refractivity contribution in [2.24, 2.45) is 0 Å². The number of pyridine rings is 1. The molecule has 1 rings (SSSR count). The van der Waals surface area contributed by atoms with Gasteiger partial charge in [0, 0.05) is 6.92 Å². The topological polar surface area (TPSA) is 26.9 Å². The molecule has 0 aliphatic heterocycles.